The van der Waals surface area contributed by atoms with Crippen LogP contribution in [0.1, 0.15) is 29.7 Å². The summed E-state index contributed by atoms with van der Waals surface area (Å²) in [5.74, 6) is -0.0976. The van der Waals surface area contributed by atoms with E-state index in [0.717, 1.165) is 24.1 Å². The maximum atomic E-state index is 12.3. The second-order valence-electron chi connectivity index (χ2n) is 7.74. The summed E-state index contributed by atoms with van der Waals surface area (Å²) in [5, 5.41) is 11.3. The summed E-state index contributed by atoms with van der Waals surface area (Å²) in [7, 11) is 0. The van der Waals surface area contributed by atoms with Gasteiger partial charge in [-0.25, -0.2) is 4.68 Å². The van der Waals surface area contributed by atoms with Crippen LogP contribution in [0.25, 0.3) is 6.08 Å². The van der Waals surface area contributed by atoms with E-state index in [9.17, 15) is 9.59 Å². The molecule has 0 atom stereocenters. The summed E-state index contributed by atoms with van der Waals surface area (Å²) < 4.78 is 1.69. The van der Waals surface area contributed by atoms with Gasteiger partial charge in [0.1, 0.15) is 5.15 Å². The molecule has 3 aromatic rings. The van der Waals surface area contributed by atoms with Crippen LogP contribution < -0.4 is 10.6 Å². The zero-order valence-electron chi connectivity index (χ0n) is 17.4. The van der Waals surface area contributed by atoms with Crippen LogP contribution in [-0.2, 0) is 16.1 Å². The Hall–Kier alpha value is -3.09. The summed E-state index contributed by atoms with van der Waals surface area (Å²) in [6, 6.07) is 14.5. The van der Waals surface area contributed by atoms with Crippen LogP contribution in [0.5, 0.6) is 0 Å². The first-order chi connectivity index (χ1) is 15.4. The molecule has 8 heteroatoms. The highest BCUT2D eigenvalue weighted by atomic mass is 35.5. The fourth-order valence-electron chi connectivity index (χ4n) is 3.19. The quantitative estimate of drug-likeness (QED) is 0.446. The Kier molecular flexibility index (Phi) is 6.63. The molecule has 2 aromatic carbocycles. The molecule has 0 unspecified atom stereocenters. The van der Waals surface area contributed by atoms with Gasteiger partial charge in [0.25, 0.3) is 0 Å². The molecule has 1 fully saturated rings. The van der Waals surface area contributed by atoms with Crippen molar-refractivity contribution in [3.05, 3.63) is 81.6 Å². The van der Waals surface area contributed by atoms with Crippen LogP contribution in [0.3, 0.4) is 0 Å². The molecule has 1 saturated carbocycles. The van der Waals surface area contributed by atoms with Crippen LogP contribution in [-0.4, -0.2) is 21.6 Å². The second-order valence-corrected chi connectivity index (χ2v) is 8.53. The highest BCUT2D eigenvalue weighted by Crippen LogP contribution is 2.30. The molecule has 0 bridgehead atoms. The van der Waals surface area contributed by atoms with E-state index < -0.39 is 0 Å². The van der Waals surface area contributed by atoms with E-state index in [1.807, 2.05) is 31.2 Å². The van der Waals surface area contributed by atoms with Crippen LogP contribution in [0.4, 0.5) is 11.4 Å². The first kappa shape index (κ1) is 22.1. The summed E-state index contributed by atoms with van der Waals surface area (Å²) in [4.78, 5) is 24.2. The molecule has 1 heterocycles. The van der Waals surface area contributed by atoms with Crippen LogP contribution in [0.15, 0.2) is 54.6 Å². The molecule has 6 nitrogen and oxygen atoms in total. The predicted octanol–water partition coefficient (Wildman–Crippen LogP) is 5.55. The minimum absolute atomic E-state index is 0.0496. The van der Waals surface area contributed by atoms with E-state index in [0.29, 0.717) is 33.7 Å². The van der Waals surface area contributed by atoms with Gasteiger partial charge < -0.3 is 10.6 Å². The monoisotopic (exact) mass is 468 g/mol. The molecule has 164 valence electrons. The number of carbonyl (C=O) groups is 2. The van der Waals surface area contributed by atoms with E-state index in [1.165, 1.54) is 6.08 Å². The fourth-order valence-corrected chi connectivity index (χ4v) is 3.62. The zero-order chi connectivity index (χ0) is 22.7. The molecule has 0 aliphatic heterocycles. The molecule has 0 spiro atoms. The highest BCUT2D eigenvalue weighted by Gasteiger charge is 2.29. The number of anilines is 2. The van der Waals surface area contributed by atoms with Crippen molar-refractivity contribution in [2.75, 3.05) is 10.6 Å². The maximum Gasteiger partial charge on any atom is 0.248 e. The number of nitrogens with zero attached hydrogens (tertiary/aromatic N) is 2. The third-order valence-electron chi connectivity index (χ3n) is 5.12. The standard InChI is InChI=1S/C24H22Cl2N4O2/c1-15-21(23(26)30(29-15)14-16-2-6-18(25)7-3-16)12-13-22(31)27-19-8-10-20(11-9-19)28-24(32)17-4-5-17/h2-3,6-13,17H,4-5,14H2,1H3,(H,27,31)(H,28,32)/b13-12+. The number of hydrogen-bond donors (Lipinski definition) is 2. The lowest BCUT2D eigenvalue weighted by Gasteiger charge is -2.06. The Morgan fingerprint density at radius 1 is 1.03 bits per heavy atom. The van der Waals surface area contributed by atoms with Crippen LogP contribution >= 0.6 is 23.2 Å². The Morgan fingerprint density at radius 3 is 2.28 bits per heavy atom. The van der Waals surface area contributed by atoms with Crippen molar-refractivity contribution in [1.82, 2.24) is 9.78 Å². The number of aryl methyl sites for hydroxylation is 1. The van der Waals surface area contributed by atoms with Crippen molar-refractivity contribution in [3.8, 4) is 0 Å². The molecular weight excluding hydrogens is 447 g/mol. The van der Waals surface area contributed by atoms with E-state index in [4.69, 9.17) is 23.2 Å². The number of rotatable bonds is 7. The molecule has 1 aliphatic carbocycles. The number of amides is 2. The van der Waals surface area contributed by atoms with Gasteiger partial charge in [-0.05, 0) is 67.8 Å². The topological polar surface area (TPSA) is 76.0 Å². The van der Waals surface area contributed by atoms with Crippen LogP contribution in [0, 0.1) is 12.8 Å². The summed E-state index contributed by atoms with van der Waals surface area (Å²) in [6.45, 7) is 2.34. The van der Waals surface area contributed by atoms with Gasteiger partial charge in [-0.3, -0.25) is 9.59 Å². The van der Waals surface area contributed by atoms with Gasteiger partial charge in [-0.15, -0.1) is 0 Å². The molecular formula is C24H22Cl2N4O2. The third kappa shape index (κ3) is 5.58. The van der Waals surface area contributed by atoms with E-state index in [-0.39, 0.29) is 17.7 Å². The third-order valence-corrected chi connectivity index (χ3v) is 5.78. The molecule has 0 saturated heterocycles. The van der Waals surface area contributed by atoms with Gasteiger partial charge in [0.05, 0.1) is 12.2 Å². The van der Waals surface area contributed by atoms with Crippen molar-refractivity contribution in [3.63, 3.8) is 0 Å². The molecule has 0 radical (unpaired) electrons. The van der Waals surface area contributed by atoms with Crippen molar-refractivity contribution >= 4 is 52.5 Å². The van der Waals surface area contributed by atoms with Crippen molar-refractivity contribution < 1.29 is 9.59 Å². The number of aromatic nitrogens is 2. The van der Waals surface area contributed by atoms with Gasteiger partial charge in [-0.2, -0.15) is 5.10 Å². The Bertz CT molecular complexity index is 1160. The smallest absolute Gasteiger partial charge is 0.248 e. The van der Waals surface area contributed by atoms with E-state index >= 15 is 0 Å². The minimum atomic E-state index is -0.291. The highest BCUT2D eigenvalue weighted by molar-refractivity contribution is 6.31. The number of carbonyl (C=O) groups excluding carboxylic acids is 2. The molecule has 4 rings (SSSR count). The minimum Gasteiger partial charge on any atom is -0.326 e. The number of halogens is 2. The zero-order valence-corrected chi connectivity index (χ0v) is 19.0. The second kappa shape index (κ2) is 9.59. The van der Waals surface area contributed by atoms with Gasteiger partial charge in [0.15, 0.2) is 0 Å². The molecule has 1 aromatic heterocycles. The molecule has 1 aliphatic rings. The normalized spacial score (nSPS) is 13.3. The molecule has 2 N–H and O–H groups in total. The first-order valence-electron chi connectivity index (χ1n) is 10.3. The lowest BCUT2D eigenvalue weighted by Crippen LogP contribution is -2.13. The average molecular weight is 469 g/mol. The SMILES string of the molecule is Cc1nn(Cc2ccc(Cl)cc2)c(Cl)c1/C=C/C(=O)Nc1ccc(NC(=O)C2CC2)cc1. The van der Waals surface area contributed by atoms with E-state index in [1.54, 1.807) is 35.0 Å². The number of hydrogen-bond acceptors (Lipinski definition) is 3. The molecule has 2 amide bonds. The fraction of sp³-hybridized carbons (Fsp3) is 0.208. The van der Waals surface area contributed by atoms with Gasteiger partial charge in [0.2, 0.25) is 11.8 Å². The number of nitrogens with one attached hydrogen (secondary N) is 2. The first-order valence-corrected chi connectivity index (χ1v) is 11.0. The Labute approximate surface area is 196 Å². The van der Waals surface area contributed by atoms with Crippen molar-refractivity contribution in [1.29, 1.82) is 0 Å². The average Bonchev–Trinajstić information content (AvgIpc) is 3.58. The van der Waals surface area contributed by atoms with Crippen molar-refractivity contribution in [2.45, 2.75) is 26.3 Å². The summed E-state index contributed by atoms with van der Waals surface area (Å²) in [6.07, 6.45) is 4.99. The lowest BCUT2D eigenvalue weighted by molar-refractivity contribution is -0.117. The van der Waals surface area contributed by atoms with E-state index in [2.05, 4.69) is 15.7 Å². The van der Waals surface area contributed by atoms with Gasteiger partial charge in [0, 0.05) is 34.0 Å². The number of benzene rings is 2. The van der Waals surface area contributed by atoms with Crippen LogP contribution in [0.2, 0.25) is 10.2 Å². The van der Waals surface area contributed by atoms with Gasteiger partial charge in [-0.1, -0.05) is 35.3 Å². The summed E-state index contributed by atoms with van der Waals surface area (Å²) in [5.41, 5.74) is 3.78. The Morgan fingerprint density at radius 2 is 1.66 bits per heavy atom. The lowest BCUT2D eigenvalue weighted by atomic mass is 10.2. The predicted molar refractivity (Wildman–Crippen MR) is 128 cm³/mol. The largest absolute Gasteiger partial charge is 0.326 e. The summed E-state index contributed by atoms with van der Waals surface area (Å²) >= 11 is 12.4. The Balaban J connectivity index is 1.37. The van der Waals surface area contributed by atoms with Gasteiger partial charge >= 0.3 is 0 Å². The van der Waals surface area contributed by atoms with Crippen molar-refractivity contribution in [2.24, 2.45) is 5.92 Å². The molecule has 32 heavy (non-hydrogen) atoms. The maximum absolute atomic E-state index is 12.3.